The molecular weight excluding hydrogens is 1250 g/mol. The number of rotatable bonds is 69. The Kier molecular flexibility index (Phi) is 57.9. The second-order valence-electron chi connectivity index (χ2n) is 32.2. The van der Waals surface area contributed by atoms with Crippen LogP contribution in [-0.2, 0) is 52.3 Å². The van der Waals surface area contributed by atoms with Crippen LogP contribution in [0.1, 0.15) is 415 Å². The molecule has 0 unspecified atom stereocenters. The summed E-state index contributed by atoms with van der Waals surface area (Å²) < 4.78 is 41.9. The molecule has 15 nitrogen and oxygen atoms in total. The number of ether oxygens (including phenoxy) is 7. The van der Waals surface area contributed by atoms with Crippen LogP contribution in [0.2, 0.25) is 0 Å². The molecule has 0 saturated carbocycles. The third kappa shape index (κ3) is 49.9. The number of aliphatic hydroxyl groups excluding tert-OH is 4. The number of aliphatic hydroxyl groups is 4. The molecule has 99 heavy (non-hydrogen) atoms. The molecule has 2 rings (SSSR count). The van der Waals surface area contributed by atoms with Gasteiger partial charge in [-0.1, -0.05) is 364 Å². The zero-order chi connectivity index (χ0) is 72.4. The van der Waals surface area contributed by atoms with Gasteiger partial charge in [-0.15, -0.1) is 0 Å². The summed E-state index contributed by atoms with van der Waals surface area (Å²) in [4.78, 5) is 53.6. The zero-order valence-electron chi connectivity index (χ0n) is 65.4. The highest BCUT2D eigenvalue weighted by atomic mass is 16.8. The van der Waals surface area contributed by atoms with Gasteiger partial charge in [0.2, 0.25) is 5.79 Å². The van der Waals surface area contributed by atoms with Crippen molar-refractivity contribution in [1.82, 2.24) is 0 Å². The van der Waals surface area contributed by atoms with E-state index in [0.717, 1.165) is 114 Å². The molecule has 2 fully saturated rings. The van der Waals surface area contributed by atoms with Crippen molar-refractivity contribution in [3.05, 3.63) is 0 Å². The van der Waals surface area contributed by atoms with Crippen LogP contribution in [0.15, 0.2) is 0 Å². The fourth-order valence-corrected chi connectivity index (χ4v) is 14.0. The Hall–Kier alpha value is -2.40. The molecule has 0 aromatic rings. The Balaban J connectivity index is 2.12. The van der Waals surface area contributed by atoms with E-state index in [0.29, 0.717) is 25.7 Å². The first kappa shape index (κ1) is 92.7. The van der Waals surface area contributed by atoms with Crippen LogP contribution < -0.4 is 0 Å². The second-order valence-corrected chi connectivity index (χ2v) is 32.2. The van der Waals surface area contributed by atoms with Crippen molar-refractivity contribution in [2.75, 3.05) is 19.8 Å². The molecule has 15 heteroatoms. The van der Waals surface area contributed by atoms with E-state index in [9.17, 15) is 39.6 Å². The van der Waals surface area contributed by atoms with Crippen LogP contribution in [0.4, 0.5) is 0 Å². The van der Waals surface area contributed by atoms with Gasteiger partial charge in [-0.05, 0) is 49.4 Å². The van der Waals surface area contributed by atoms with Crippen molar-refractivity contribution < 1.29 is 72.8 Å². The largest absolute Gasteiger partial charge is 0.463 e. The Labute approximate surface area is 607 Å². The third-order valence-electron chi connectivity index (χ3n) is 20.6. The van der Waals surface area contributed by atoms with Crippen molar-refractivity contribution in [1.29, 1.82) is 0 Å². The maximum absolute atomic E-state index is 13.6. The molecule has 0 amide bonds. The van der Waals surface area contributed by atoms with Gasteiger partial charge < -0.3 is 53.6 Å². The number of carbonyl (C=O) groups excluding carboxylic acids is 4. The normalized spacial score (nSPS) is 21.0. The van der Waals surface area contributed by atoms with Gasteiger partial charge in [0.15, 0.2) is 12.4 Å². The van der Waals surface area contributed by atoms with Crippen LogP contribution in [0.3, 0.4) is 0 Å². The average molecular weight is 1410 g/mol. The minimum absolute atomic E-state index is 0.0314. The molecule has 584 valence electrons. The molecule has 0 aromatic heterocycles. The summed E-state index contributed by atoms with van der Waals surface area (Å²) in [5.41, 5.74) is 0. The topological polar surface area (TPSA) is 214 Å². The molecule has 2 heterocycles. The van der Waals surface area contributed by atoms with Crippen LogP contribution in [0.25, 0.3) is 0 Å². The monoisotopic (exact) mass is 1410 g/mol. The lowest BCUT2D eigenvalue weighted by molar-refractivity contribution is -0.384. The predicted octanol–water partition coefficient (Wildman–Crippen LogP) is 21.3. The first-order chi connectivity index (χ1) is 47.8. The van der Waals surface area contributed by atoms with Crippen LogP contribution in [0, 0.1) is 23.7 Å². The first-order valence-corrected chi connectivity index (χ1v) is 42.2. The molecule has 0 aromatic carbocycles. The molecule has 4 N–H and O–H groups in total. The van der Waals surface area contributed by atoms with Crippen molar-refractivity contribution >= 4 is 23.9 Å². The molecule has 2 saturated heterocycles. The Bertz CT molecular complexity index is 1900. The van der Waals surface area contributed by atoms with E-state index < -0.39 is 98.5 Å². The summed E-state index contributed by atoms with van der Waals surface area (Å²) in [7, 11) is 0. The molecule has 0 bridgehead atoms. The molecule has 0 radical (unpaired) electrons. The summed E-state index contributed by atoms with van der Waals surface area (Å²) in [6.07, 6.45) is 47.0. The maximum atomic E-state index is 13.6. The van der Waals surface area contributed by atoms with E-state index >= 15 is 0 Å². The lowest BCUT2D eigenvalue weighted by Crippen LogP contribution is -2.64. The predicted molar refractivity (Wildman–Crippen MR) is 402 cm³/mol. The molecule has 0 spiro atoms. The van der Waals surface area contributed by atoms with E-state index in [1.165, 1.54) is 218 Å². The summed E-state index contributed by atoms with van der Waals surface area (Å²) in [6.45, 7) is 16.6. The highest BCUT2D eigenvalue weighted by molar-refractivity contribution is 5.70. The van der Waals surface area contributed by atoms with E-state index in [-0.39, 0.29) is 25.7 Å². The van der Waals surface area contributed by atoms with Gasteiger partial charge in [-0.25, -0.2) is 0 Å². The van der Waals surface area contributed by atoms with Crippen molar-refractivity contribution in [2.24, 2.45) is 23.7 Å². The fraction of sp³-hybridized carbons (Fsp3) is 0.952. The van der Waals surface area contributed by atoms with E-state index in [1.807, 2.05) is 0 Å². The van der Waals surface area contributed by atoms with Gasteiger partial charge in [-0.2, -0.15) is 0 Å². The van der Waals surface area contributed by atoms with Crippen molar-refractivity contribution in [3.8, 4) is 0 Å². The van der Waals surface area contributed by atoms with Crippen LogP contribution >= 0.6 is 0 Å². The summed E-state index contributed by atoms with van der Waals surface area (Å²) >= 11 is 0. The second kappa shape index (κ2) is 61.9. The zero-order valence-corrected chi connectivity index (χ0v) is 65.4. The first-order valence-electron chi connectivity index (χ1n) is 42.2. The van der Waals surface area contributed by atoms with E-state index in [2.05, 4.69) is 55.4 Å². The Morgan fingerprint density at radius 3 is 0.859 bits per heavy atom. The summed E-state index contributed by atoms with van der Waals surface area (Å²) in [6, 6.07) is 0. The van der Waals surface area contributed by atoms with Crippen molar-refractivity contribution in [2.45, 2.75) is 470 Å². The minimum atomic E-state index is -2.41. The van der Waals surface area contributed by atoms with E-state index in [4.69, 9.17) is 33.2 Å². The highest BCUT2D eigenvalue weighted by Gasteiger charge is 2.60. The summed E-state index contributed by atoms with van der Waals surface area (Å²) in [5.74, 6) is -1.55. The third-order valence-corrected chi connectivity index (χ3v) is 20.6. The summed E-state index contributed by atoms with van der Waals surface area (Å²) in [5, 5.41) is 47.5. The van der Waals surface area contributed by atoms with Gasteiger partial charge in [0.25, 0.3) is 0 Å². The van der Waals surface area contributed by atoms with Crippen molar-refractivity contribution in [3.63, 3.8) is 0 Å². The molecule has 2 aliphatic rings. The van der Waals surface area contributed by atoms with Gasteiger partial charge in [0.1, 0.15) is 56.4 Å². The average Bonchev–Trinajstić information content (AvgIpc) is 1.67. The van der Waals surface area contributed by atoms with Gasteiger partial charge in [0.05, 0.1) is 0 Å². The number of carbonyl (C=O) groups is 4. The Morgan fingerprint density at radius 1 is 0.313 bits per heavy atom. The minimum Gasteiger partial charge on any atom is -0.463 e. The SMILES string of the molecule is CC(C)CCCCCCCCCCCCCCC(=O)OC[C@H]1O[C@@](COC(=O)CCCCCCCCCCCCCCC(C)C)(O[C@H]2O[C@H](COC(=O)CCCCCCCCCCCCCCC(C)C)[C@@H](O)[C@H](OC(=O)CCCCCCCCCCCCCCC(C)C)[C@H]2O)[C@@H](O)[C@@H]1O. The highest BCUT2D eigenvalue weighted by Crippen LogP contribution is 2.38. The fourth-order valence-electron chi connectivity index (χ4n) is 14.0. The molecule has 0 aliphatic carbocycles. The number of esters is 4. The Morgan fingerprint density at radius 2 is 0.566 bits per heavy atom. The van der Waals surface area contributed by atoms with Gasteiger partial charge in [0, 0.05) is 25.7 Å². The molecule has 2 aliphatic heterocycles. The smallest absolute Gasteiger partial charge is 0.306 e. The lowest BCUT2D eigenvalue weighted by atomic mass is 9.98. The van der Waals surface area contributed by atoms with Crippen LogP contribution in [0.5, 0.6) is 0 Å². The lowest BCUT2D eigenvalue weighted by Gasteiger charge is -2.44. The number of unbranched alkanes of at least 4 members (excludes halogenated alkanes) is 44. The van der Waals surface area contributed by atoms with E-state index in [1.54, 1.807) is 0 Å². The molecular formula is C84H158O15. The van der Waals surface area contributed by atoms with Gasteiger partial charge in [-0.3, -0.25) is 19.2 Å². The number of hydrogen-bond donors (Lipinski definition) is 4. The number of hydrogen-bond acceptors (Lipinski definition) is 15. The van der Waals surface area contributed by atoms with Crippen LogP contribution in [-0.4, -0.2) is 119 Å². The standard InChI is InChI=1S/C84H158O15/c1-68(2)57-49-41-33-25-17-9-13-21-29-37-45-53-61-74(85)93-65-72-78(89)81(97-77(88)64-56-48-40-32-24-16-12-20-28-36-44-52-60-71(7)8)80(91)83(96-72)99-84(67-95-76(87)63-55-47-39-31-23-15-11-19-27-35-43-51-59-70(5)6)82(92)79(90)73(98-84)66-94-75(86)62-54-46-38-30-22-14-10-18-26-34-42-50-58-69(3)4/h68-73,78-83,89-92H,9-67H2,1-8H3/t72-,73-,78-,79-,80-,81+,82+,83-,84+/m1/s1. The van der Waals surface area contributed by atoms with Gasteiger partial charge >= 0.3 is 23.9 Å². The quantitative estimate of drug-likeness (QED) is 0.0253. The molecule has 9 atom stereocenters. The maximum Gasteiger partial charge on any atom is 0.306 e.